The molecule has 1 aliphatic rings. The Morgan fingerprint density at radius 2 is 1.83 bits per heavy atom. The number of aliphatic imine (C=N–C) groups is 1. The SMILES string of the molecule is CC/C(C)=C(/N=C\C(=C(/C)Oc1cccc2c1C(=O)N(C)C2)C(F)(F)F)Nc1cc(F)c(C(=O)NCC(C)(C)CN(C)C)cc1OC. The first kappa shape index (κ1) is 37.1. The van der Waals surface area contributed by atoms with Crippen LogP contribution in [0.4, 0.5) is 23.2 Å². The number of alkyl halides is 3. The summed E-state index contributed by atoms with van der Waals surface area (Å²) in [6.45, 7) is 9.85. The number of hydrogen-bond donors (Lipinski definition) is 2. The number of amides is 2. The van der Waals surface area contributed by atoms with Gasteiger partial charge < -0.3 is 29.9 Å². The van der Waals surface area contributed by atoms with Crippen molar-refractivity contribution < 1.29 is 36.6 Å². The quantitative estimate of drug-likeness (QED) is 0.140. The number of anilines is 1. The highest BCUT2D eigenvalue weighted by molar-refractivity contribution is 6.01. The first-order chi connectivity index (χ1) is 21.9. The van der Waals surface area contributed by atoms with E-state index in [1.54, 1.807) is 33.0 Å². The second-order valence-electron chi connectivity index (χ2n) is 12.5. The van der Waals surface area contributed by atoms with Crippen LogP contribution in [0.2, 0.25) is 0 Å². The monoisotopic (exact) mass is 661 g/mol. The van der Waals surface area contributed by atoms with Crippen molar-refractivity contribution in [1.82, 2.24) is 15.1 Å². The summed E-state index contributed by atoms with van der Waals surface area (Å²) in [6.07, 6.45) is -3.84. The van der Waals surface area contributed by atoms with Crippen molar-refractivity contribution in [3.05, 3.63) is 75.6 Å². The van der Waals surface area contributed by atoms with Crippen LogP contribution < -0.4 is 20.1 Å². The van der Waals surface area contributed by atoms with Crippen LogP contribution in [0.3, 0.4) is 0 Å². The van der Waals surface area contributed by atoms with E-state index >= 15 is 4.39 Å². The predicted molar refractivity (Wildman–Crippen MR) is 174 cm³/mol. The minimum absolute atomic E-state index is 0.00808. The molecule has 13 heteroatoms. The fourth-order valence-corrected chi connectivity index (χ4v) is 5.13. The third kappa shape index (κ3) is 9.34. The molecule has 3 rings (SSSR count). The van der Waals surface area contributed by atoms with E-state index < -0.39 is 29.2 Å². The highest BCUT2D eigenvalue weighted by Gasteiger charge is 2.36. The Kier molecular flexibility index (Phi) is 11.8. The summed E-state index contributed by atoms with van der Waals surface area (Å²) in [5.74, 6) is -2.25. The second kappa shape index (κ2) is 15.0. The summed E-state index contributed by atoms with van der Waals surface area (Å²) in [4.78, 5) is 33.1. The number of nitrogens with zero attached hydrogens (tertiary/aromatic N) is 3. The van der Waals surface area contributed by atoms with Crippen LogP contribution in [-0.4, -0.2) is 75.3 Å². The van der Waals surface area contributed by atoms with Gasteiger partial charge in [-0.1, -0.05) is 32.9 Å². The number of ether oxygens (including phenoxy) is 2. The summed E-state index contributed by atoms with van der Waals surface area (Å²) in [5, 5.41) is 5.63. The number of carbonyl (C=O) groups is 2. The number of hydrogen-bond acceptors (Lipinski definition) is 7. The van der Waals surface area contributed by atoms with Gasteiger partial charge >= 0.3 is 6.18 Å². The molecular formula is C34H43F4N5O4. The minimum Gasteiger partial charge on any atom is -0.495 e. The zero-order chi connectivity index (χ0) is 35.3. The number of methoxy groups -OCH3 is 1. The largest absolute Gasteiger partial charge is 0.495 e. The maximum Gasteiger partial charge on any atom is 0.421 e. The van der Waals surface area contributed by atoms with Gasteiger partial charge in [-0.05, 0) is 63.0 Å². The van der Waals surface area contributed by atoms with E-state index in [1.165, 1.54) is 24.1 Å². The van der Waals surface area contributed by atoms with Crippen molar-refractivity contribution in [3.8, 4) is 11.5 Å². The van der Waals surface area contributed by atoms with E-state index in [4.69, 9.17) is 9.47 Å². The topological polar surface area (TPSA) is 95.5 Å². The highest BCUT2D eigenvalue weighted by atomic mass is 19.4. The molecule has 9 nitrogen and oxygen atoms in total. The maximum absolute atomic E-state index is 15.3. The van der Waals surface area contributed by atoms with Gasteiger partial charge in [-0.15, -0.1) is 0 Å². The van der Waals surface area contributed by atoms with Gasteiger partial charge in [-0.3, -0.25) is 9.59 Å². The van der Waals surface area contributed by atoms with Gasteiger partial charge in [0, 0.05) is 39.0 Å². The van der Waals surface area contributed by atoms with Crippen LogP contribution >= 0.6 is 0 Å². The Morgan fingerprint density at radius 3 is 2.43 bits per heavy atom. The average molecular weight is 662 g/mol. The van der Waals surface area contributed by atoms with Gasteiger partial charge in [0.2, 0.25) is 0 Å². The van der Waals surface area contributed by atoms with E-state index in [-0.39, 0.29) is 45.5 Å². The molecular weight excluding hydrogens is 618 g/mol. The molecule has 0 fully saturated rings. The summed E-state index contributed by atoms with van der Waals surface area (Å²) >= 11 is 0. The normalized spacial score (nSPS) is 14.7. The molecule has 1 aliphatic heterocycles. The summed E-state index contributed by atoms with van der Waals surface area (Å²) < 4.78 is 69.2. The van der Waals surface area contributed by atoms with Crippen LogP contribution in [0.1, 0.15) is 67.3 Å². The van der Waals surface area contributed by atoms with Crippen LogP contribution in [0.5, 0.6) is 11.5 Å². The standard InChI is InChI=1S/C34H43F4N5O4/c1-10-20(2)30(41-26-15-25(35)23(14-28(26)46-9)31(44)40-18-33(4,5)19-42(6)7)39-16-24(34(36,37)38)21(3)47-27-13-11-12-22-17-43(8)32(45)29(22)27/h11-16,41H,10,17-19H2,1-9H3,(H,40,44)/b24-21-,30-20-,39-16-. The van der Waals surface area contributed by atoms with E-state index in [0.717, 1.165) is 13.0 Å². The Balaban J connectivity index is 1.93. The molecule has 0 saturated carbocycles. The van der Waals surface area contributed by atoms with E-state index in [1.807, 2.05) is 32.8 Å². The lowest BCUT2D eigenvalue weighted by Gasteiger charge is -2.28. The molecule has 2 amide bonds. The van der Waals surface area contributed by atoms with Gasteiger partial charge in [0.1, 0.15) is 34.5 Å². The minimum atomic E-state index is -4.86. The zero-order valence-electron chi connectivity index (χ0n) is 28.3. The molecule has 2 aromatic rings. The predicted octanol–water partition coefficient (Wildman–Crippen LogP) is 6.78. The number of halogens is 4. The molecule has 0 saturated heterocycles. The van der Waals surface area contributed by atoms with Crippen molar-refractivity contribution in [2.45, 2.75) is 53.8 Å². The molecule has 0 unspecified atom stereocenters. The fraction of sp³-hybridized carbons (Fsp3) is 0.441. The van der Waals surface area contributed by atoms with Crippen LogP contribution in [-0.2, 0) is 6.54 Å². The molecule has 0 radical (unpaired) electrons. The number of carbonyl (C=O) groups excluding carboxylic acids is 2. The lowest BCUT2D eigenvalue weighted by Crippen LogP contribution is -2.40. The smallest absolute Gasteiger partial charge is 0.421 e. The Labute approximate surface area is 273 Å². The molecule has 2 aromatic carbocycles. The molecule has 0 aliphatic carbocycles. The first-order valence-electron chi connectivity index (χ1n) is 15.0. The van der Waals surface area contributed by atoms with Crippen LogP contribution in [0, 0.1) is 11.2 Å². The Bertz CT molecular complexity index is 1600. The highest BCUT2D eigenvalue weighted by Crippen LogP contribution is 2.35. The lowest BCUT2D eigenvalue weighted by atomic mass is 9.93. The third-order valence-electron chi connectivity index (χ3n) is 7.54. The number of rotatable bonds is 13. The van der Waals surface area contributed by atoms with Crippen molar-refractivity contribution in [2.75, 3.05) is 46.7 Å². The molecule has 0 bridgehead atoms. The number of fused-ring (bicyclic) bond motifs is 1. The van der Waals surface area contributed by atoms with E-state index in [0.29, 0.717) is 43.4 Å². The molecule has 0 spiro atoms. The molecule has 256 valence electrons. The Morgan fingerprint density at radius 1 is 1.15 bits per heavy atom. The summed E-state index contributed by atoms with van der Waals surface area (Å²) in [6, 6.07) is 7.03. The molecule has 0 aromatic heterocycles. The van der Waals surface area contributed by atoms with Gasteiger partial charge in [0.25, 0.3) is 11.8 Å². The third-order valence-corrected chi connectivity index (χ3v) is 7.54. The lowest BCUT2D eigenvalue weighted by molar-refractivity contribution is -0.0878. The number of allylic oxidation sites excluding steroid dienone is 3. The molecule has 2 N–H and O–H groups in total. The van der Waals surface area contributed by atoms with Crippen LogP contribution in [0.25, 0.3) is 0 Å². The summed E-state index contributed by atoms with van der Waals surface area (Å²) in [5.41, 5.74) is -0.234. The molecule has 47 heavy (non-hydrogen) atoms. The Hall–Kier alpha value is -4.39. The average Bonchev–Trinajstić information content (AvgIpc) is 3.27. The van der Waals surface area contributed by atoms with Gasteiger partial charge in [0.05, 0.1) is 23.9 Å². The van der Waals surface area contributed by atoms with Crippen molar-refractivity contribution in [3.63, 3.8) is 0 Å². The second-order valence-corrected chi connectivity index (χ2v) is 12.5. The van der Waals surface area contributed by atoms with E-state index in [9.17, 15) is 22.8 Å². The molecule has 1 heterocycles. The van der Waals surface area contributed by atoms with Crippen molar-refractivity contribution in [2.24, 2.45) is 10.4 Å². The zero-order valence-corrected chi connectivity index (χ0v) is 28.3. The summed E-state index contributed by atoms with van der Waals surface area (Å²) in [7, 11) is 6.75. The van der Waals surface area contributed by atoms with Gasteiger partial charge in [-0.2, -0.15) is 13.2 Å². The van der Waals surface area contributed by atoms with Gasteiger partial charge in [-0.25, -0.2) is 9.38 Å². The first-order valence-corrected chi connectivity index (χ1v) is 15.0. The van der Waals surface area contributed by atoms with E-state index in [2.05, 4.69) is 15.6 Å². The van der Waals surface area contributed by atoms with Crippen LogP contribution in [0.15, 0.2) is 58.1 Å². The molecule has 0 atom stereocenters. The maximum atomic E-state index is 15.3. The van der Waals surface area contributed by atoms with Gasteiger partial charge in [0.15, 0.2) is 0 Å². The number of nitrogens with one attached hydrogen (secondary N) is 2. The van der Waals surface area contributed by atoms with Crippen molar-refractivity contribution in [1.29, 1.82) is 0 Å². The fourth-order valence-electron chi connectivity index (χ4n) is 5.13. The van der Waals surface area contributed by atoms with Crippen molar-refractivity contribution >= 4 is 23.7 Å². The number of benzene rings is 2.